The van der Waals surface area contributed by atoms with E-state index in [0.717, 1.165) is 6.07 Å². The van der Waals surface area contributed by atoms with Crippen molar-refractivity contribution < 1.29 is 22.3 Å². The first-order chi connectivity index (χ1) is 6.50. The molecule has 0 amide bonds. The van der Waals surface area contributed by atoms with Gasteiger partial charge in [-0.2, -0.15) is 0 Å². The van der Waals surface area contributed by atoms with Crippen LogP contribution in [0, 0.1) is 5.82 Å². The normalized spacial score (nSPS) is 14.4. The van der Waals surface area contributed by atoms with E-state index in [1.54, 1.807) is 0 Å². The molecule has 0 aliphatic carbocycles. The molecule has 0 saturated heterocycles. The lowest BCUT2D eigenvalue weighted by Gasteiger charge is -2.02. The van der Waals surface area contributed by atoms with E-state index in [1.807, 2.05) is 0 Å². The third kappa shape index (κ3) is 1.40. The maximum Gasteiger partial charge on any atom is 0.268 e. The van der Waals surface area contributed by atoms with Crippen molar-refractivity contribution in [3.05, 3.63) is 17.9 Å². The van der Waals surface area contributed by atoms with Crippen molar-refractivity contribution in [2.24, 2.45) is 0 Å². The molecule has 0 spiro atoms. The summed E-state index contributed by atoms with van der Waals surface area (Å²) in [7, 11) is 0.878. The molecular formula is C7H4ClFO4S. The summed E-state index contributed by atoms with van der Waals surface area (Å²) < 4.78 is 44.8. The van der Waals surface area contributed by atoms with Gasteiger partial charge in [0.05, 0.1) is 0 Å². The molecule has 4 nitrogen and oxygen atoms in total. The Morgan fingerprint density at radius 1 is 1.36 bits per heavy atom. The van der Waals surface area contributed by atoms with Gasteiger partial charge in [-0.05, 0) is 12.1 Å². The third-order valence-corrected chi connectivity index (χ3v) is 3.02. The molecule has 1 aliphatic heterocycles. The van der Waals surface area contributed by atoms with Gasteiger partial charge in [0.2, 0.25) is 6.79 Å². The van der Waals surface area contributed by atoms with Crippen LogP contribution in [0.5, 0.6) is 11.5 Å². The number of benzene rings is 1. The zero-order chi connectivity index (χ0) is 10.3. The topological polar surface area (TPSA) is 52.6 Å². The van der Waals surface area contributed by atoms with Crippen LogP contribution in [0.1, 0.15) is 0 Å². The van der Waals surface area contributed by atoms with Crippen LogP contribution >= 0.6 is 10.7 Å². The molecule has 1 aromatic carbocycles. The Kier molecular flexibility index (Phi) is 2.04. The highest BCUT2D eigenvalue weighted by atomic mass is 35.7. The molecule has 76 valence electrons. The van der Waals surface area contributed by atoms with Crippen LogP contribution in [0.15, 0.2) is 17.0 Å². The Morgan fingerprint density at radius 2 is 2.07 bits per heavy atom. The lowest BCUT2D eigenvalue weighted by molar-refractivity contribution is 0.171. The molecule has 0 atom stereocenters. The van der Waals surface area contributed by atoms with Gasteiger partial charge in [0.1, 0.15) is 5.82 Å². The fraction of sp³-hybridized carbons (Fsp3) is 0.143. The Morgan fingerprint density at radius 3 is 2.71 bits per heavy atom. The molecule has 14 heavy (non-hydrogen) atoms. The van der Waals surface area contributed by atoms with Gasteiger partial charge in [0, 0.05) is 10.7 Å². The molecule has 0 unspecified atom stereocenters. The van der Waals surface area contributed by atoms with Gasteiger partial charge in [-0.25, -0.2) is 12.8 Å². The average molecular weight is 239 g/mol. The fourth-order valence-corrected chi connectivity index (χ4v) is 2.26. The smallest absolute Gasteiger partial charge is 0.268 e. The van der Waals surface area contributed by atoms with Crippen molar-refractivity contribution in [3.8, 4) is 11.5 Å². The summed E-state index contributed by atoms with van der Waals surface area (Å²) in [6, 6.07) is 2.24. The third-order valence-electron chi connectivity index (χ3n) is 1.69. The second-order valence-electron chi connectivity index (χ2n) is 2.55. The first kappa shape index (κ1) is 9.54. The second kappa shape index (κ2) is 2.99. The van der Waals surface area contributed by atoms with Gasteiger partial charge in [-0.3, -0.25) is 0 Å². The number of halogens is 2. The monoisotopic (exact) mass is 238 g/mol. The highest BCUT2D eigenvalue weighted by molar-refractivity contribution is 8.13. The highest BCUT2D eigenvalue weighted by Gasteiger charge is 2.29. The molecule has 0 fully saturated rings. The molecule has 0 saturated carbocycles. The van der Waals surface area contributed by atoms with Crippen LogP contribution in [0.4, 0.5) is 4.39 Å². The maximum atomic E-state index is 13.1. The van der Waals surface area contributed by atoms with Crippen LogP contribution in [0.3, 0.4) is 0 Å². The summed E-state index contributed by atoms with van der Waals surface area (Å²) in [6.45, 7) is -0.141. The summed E-state index contributed by atoms with van der Waals surface area (Å²) in [6.07, 6.45) is 0. The average Bonchev–Trinajstić information content (AvgIpc) is 2.48. The summed E-state index contributed by atoms with van der Waals surface area (Å²) in [4.78, 5) is -0.672. The Hall–Kier alpha value is -1.01. The van der Waals surface area contributed by atoms with Crippen molar-refractivity contribution in [2.75, 3.05) is 6.79 Å². The number of hydrogen-bond acceptors (Lipinski definition) is 4. The molecule has 1 aromatic rings. The van der Waals surface area contributed by atoms with E-state index in [-0.39, 0.29) is 18.3 Å². The fourth-order valence-electron chi connectivity index (χ4n) is 1.15. The molecule has 1 heterocycles. The maximum absolute atomic E-state index is 13.1. The molecule has 7 heteroatoms. The van der Waals surface area contributed by atoms with Gasteiger partial charge in [0.25, 0.3) is 9.05 Å². The van der Waals surface area contributed by atoms with E-state index in [0.29, 0.717) is 0 Å². The lowest BCUT2D eigenvalue weighted by Crippen LogP contribution is -1.98. The van der Waals surface area contributed by atoms with Crippen molar-refractivity contribution in [1.29, 1.82) is 0 Å². The SMILES string of the molecule is O=S(=O)(Cl)c1c(F)ccc2c1OCO2. The predicted octanol–water partition coefficient (Wildman–Crippen LogP) is 1.48. The second-order valence-corrected chi connectivity index (χ2v) is 5.05. The van der Waals surface area contributed by atoms with Crippen molar-refractivity contribution >= 4 is 19.7 Å². The predicted molar refractivity (Wildman–Crippen MR) is 45.6 cm³/mol. The summed E-state index contributed by atoms with van der Waals surface area (Å²) >= 11 is 0. The molecule has 0 aromatic heterocycles. The van der Waals surface area contributed by atoms with Crippen LogP contribution in [0.25, 0.3) is 0 Å². The van der Waals surface area contributed by atoms with Crippen LogP contribution in [-0.2, 0) is 9.05 Å². The minimum absolute atomic E-state index is 0.141. The number of rotatable bonds is 1. The molecule has 0 N–H and O–H groups in total. The quantitative estimate of drug-likeness (QED) is 0.696. The van der Waals surface area contributed by atoms with E-state index >= 15 is 0 Å². The van der Waals surface area contributed by atoms with Crippen molar-refractivity contribution in [1.82, 2.24) is 0 Å². The van der Waals surface area contributed by atoms with E-state index in [2.05, 4.69) is 0 Å². The van der Waals surface area contributed by atoms with Gasteiger partial charge in [-0.15, -0.1) is 0 Å². The van der Waals surface area contributed by atoms with Crippen LogP contribution < -0.4 is 9.47 Å². The highest BCUT2D eigenvalue weighted by Crippen LogP contribution is 2.40. The standard InChI is InChI=1S/C7H4ClFO4S/c8-14(10,11)7-4(9)1-2-5-6(7)13-3-12-5/h1-2H,3H2. The van der Waals surface area contributed by atoms with Gasteiger partial charge >= 0.3 is 0 Å². The zero-order valence-electron chi connectivity index (χ0n) is 6.66. The zero-order valence-corrected chi connectivity index (χ0v) is 8.23. The summed E-state index contributed by atoms with van der Waals surface area (Å²) in [5.41, 5.74) is 0. The molecule has 1 aliphatic rings. The van der Waals surface area contributed by atoms with Gasteiger partial charge < -0.3 is 9.47 Å². The Labute approximate surface area is 83.6 Å². The van der Waals surface area contributed by atoms with E-state index in [4.69, 9.17) is 20.2 Å². The molecule has 0 bridgehead atoms. The first-order valence-corrected chi connectivity index (χ1v) is 5.84. The summed E-state index contributed by atoms with van der Waals surface area (Å²) in [5.74, 6) is -0.949. The van der Waals surface area contributed by atoms with Crippen LogP contribution in [-0.4, -0.2) is 15.2 Å². The van der Waals surface area contributed by atoms with E-state index in [1.165, 1.54) is 6.07 Å². The Balaban J connectivity index is 2.76. The van der Waals surface area contributed by atoms with Gasteiger partial charge in [0.15, 0.2) is 16.4 Å². The molecular weight excluding hydrogens is 235 g/mol. The minimum Gasteiger partial charge on any atom is -0.454 e. The first-order valence-electron chi connectivity index (χ1n) is 3.53. The summed E-state index contributed by atoms with van der Waals surface area (Å²) in [5, 5.41) is 0. The lowest BCUT2D eigenvalue weighted by atomic mass is 10.3. The number of fused-ring (bicyclic) bond motifs is 1. The van der Waals surface area contributed by atoms with Crippen molar-refractivity contribution in [3.63, 3.8) is 0 Å². The molecule has 2 rings (SSSR count). The van der Waals surface area contributed by atoms with Crippen LogP contribution in [0.2, 0.25) is 0 Å². The number of ether oxygens (including phenoxy) is 2. The van der Waals surface area contributed by atoms with Crippen molar-refractivity contribution in [2.45, 2.75) is 4.90 Å². The minimum atomic E-state index is -4.17. The number of hydrogen-bond donors (Lipinski definition) is 0. The molecule has 0 radical (unpaired) electrons. The largest absolute Gasteiger partial charge is 0.454 e. The Bertz CT molecular complexity index is 485. The van der Waals surface area contributed by atoms with Gasteiger partial charge in [-0.1, -0.05) is 0 Å². The van der Waals surface area contributed by atoms with E-state index < -0.39 is 19.8 Å². The van der Waals surface area contributed by atoms with E-state index in [9.17, 15) is 12.8 Å².